The molecule has 0 saturated heterocycles. The van der Waals surface area contributed by atoms with Gasteiger partial charge < -0.3 is 10.0 Å². The number of carbonyl (C=O) groups is 2. The van der Waals surface area contributed by atoms with E-state index < -0.39 is 23.3 Å². The molecule has 0 bridgehead atoms. The molecule has 1 amide bonds. The normalized spacial score (nSPS) is 10.4. The molecule has 0 fully saturated rings. The van der Waals surface area contributed by atoms with Gasteiger partial charge in [0.1, 0.15) is 6.54 Å². The van der Waals surface area contributed by atoms with Crippen LogP contribution < -0.4 is 0 Å². The number of nitro benzene ring substituents is 1. The Kier molecular flexibility index (Phi) is 4.79. The van der Waals surface area contributed by atoms with Gasteiger partial charge in [-0.15, -0.1) is 0 Å². The van der Waals surface area contributed by atoms with Gasteiger partial charge in [-0.1, -0.05) is 6.07 Å². The SMILES string of the molecule is Cc1ccc([N+](=O)[O-])cc1C(=O)N(CC(=O)O)C(C)C. The lowest BCUT2D eigenvalue weighted by atomic mass is 10.1. The van der Waals surface area contributed by atoms with Gasteiger partial charge >= 0.3 is 5.97 Å². The Hall–Kier alpha value is -2.44. The molecule has 1 rings (SSSR count). The second-order valence-corrected chi connectivity index (χ2v) is 4.68. The summed E-state index contributed by atoms with van der Waals surface area (Å²) in [6.07, 6.45) is 0. The molecule has 1 N–H and O–H groups in total. The van der Waals surface area contributed by atoms with Crippen molar-refractivity contribution in [3.63, 3.8) is 0 Å². The lowest BCUT2D eigenvalue weighted by molar-refractivity contribution is -0.384. The number of nitrogens with zero attached hydrogens (tertiary/aromatic N) is 2. The van der Waals surface area contributed by atoms with Gasteiger partial charge in [-0.2, -0.15) is 0 Å². The summed E-state index contributed by atoms with van der Waals surface area (Å²) in [5.74, 6) is -1.65. The second-order valence-electron chi connectivity index (χ2n) is 4.68. The molecule has 0 aliphatic heterocycles. The number of carboxylic acids is 1. The Bertz CT molecular complexity index is 554. The van der Waals surface area contributed by atoms with E-state index in [2.05, 4.69) is 0 Å². The van der Waals surface area contributed by atoms with Crippen LogP contribution in [0.2, 0.25) is 0 Å². The average molecular weight is 280 g/mol. The number of carboxylic acid groups (broad SMARTS) is 1. The van der Waals surface area contributed by atoms with Crippen molar-refractivity contribution in [1.82, 2.24) is 4.90 Å². The molecule has 7 heteroatoms. The molecular weight excluding hydrogens is 264 g/mol. The minimum Gasteiger partial charge on any atom is -0.480 e. The highest BCUT2D eigenvalue weighted by molar-refractivity contribution is 5.97. The molecule has 1 aromatic carbocycles. The van der Waals surface area contributed by atoms with Crippen LogP contribution >= 0.6 is 0 Å². The number of carbonyl (C=O) groups excluding carboxylic acids is 1. The Morgan fingerprint density at radius 2 is 2.00 bits per heavy atom. The number of hydrogen-bond donors (Lipinski definition) is 1. The topological polar surface area (TPSA) is 101 Å². The number of benzene rings is 1. The fourth-order valence-corrected chi connectivity index (χ4v) is 1.74. The lowest BCUT2D eigenvalue weighted by Gasteiger charge is -2.25. The van der Waals surface area contributed by atoms with Crippen LogP contribution in [0.1, 0.15) is 29.8 Å². The van der Waals surface area contributed by atoms with Crippen molar-refractivity contribution in [2.24, 2.45) is 0 Å². The third-order valence-electron chi connectivity index (χ3n) is 2.85. The van der Waals surface area contributed by atoms with Gasteiger partial charge in [0.15, 0.2) is 0 Å². The van der Waals surface area contributed by atoms with Crippen molar-refractivity contribution in [2.45, 2.75) is 26.8 Å². The van der Waals surface area contributed by atoms with Crippen molar-refractivity contribution in [3.8, 4) is 0 Å². The Labute approximate surface area is 116 Å². The Morgan fingerprint density at radius 3 is 2.45 bits per heavy atom. The van der Waals surface area contributed by atoms with E-state index in [0.717, 1.165) is 4.90 Å². The number of hydrogen-bond acceptors (Lipinski definition) is 4. The summed E-state index contributed by atoms with van der Waals surface area (Å²) >= 11 is 0. The zero-order valence-electron chi connectivity index (χ0n) is 11.5. The molecule has 20 heavy (non-hydrogen) atoms. The molecule has 0 heterocycles. The van der Waals surface area contributed by atoms with Crippen molar-refractivity contribution < 1.29 is 19.6 Å². The van der Waals surface area contributed by atoms with Crippen LogP contribution in [-0.2, 0) is 4.79 Å². The van der Waals surface area contributed by atoms with E-state index in [9.17, 15) is 19.7 Å². The zero-order chi connectivity index (χ0) is 15.4. The van der Waals surface area contributed by atoms with Gasteiger partial charge in [0.05, 0.1) is 4.92 Å². The van der Waals surface area contributed by atoms with Crippen molar-refractivity contribution >= 4 is 17.6 Å². The van der Waals surface area contributed by atoms with Crippen molar-refractivity contribution in [3.05, 3.63) is 39.4 Å². The van der Waals surface area contributed by atoms with Gasteiger partial charge in [-0.25, -0.2) is 0 Å². The van der Waals surface area contributed by atoms with E-state index in [1.165, 1.54) is 18.2 Å². The summed E-state index contributed by atoms with van der Waals surface area (Å²) in [5.41, 5.74) is 0.517. The quantitative estimate of drug-likeness (QED) is 0.655. The first-order valence-electron chi connectivity index (χ1n) is 6.01. The Balaban J connectivity index is 3.20. The van der Waals surface area contributed by atoms with E-state index in [4.69, 9.17) is 5.11 Å². The predicted octanol–water partition coefficient (Wildman–Crippen LogP) is 1.84. The largest absolute Gasteiger partial charge is 0.480 e. The third-order valence-corrected chi connectivity index (χ3v) is 2.85. The highest BCUT2D eigenvalue weighted by Crippen LogP contribution is 2.19. The highest BCUT2D eigenvalue weighted by atomic mass is 16.6. The standard InChI is InChI=1S/C13H16N2O5/c1-8(2)14(7-12(16)17)13(18)11-6-10(15(19)20)5-4-9(11)3/h4-6,8H,7H2,1-3H3,(H,16,17). The lowest BCUT2D eigenvalue weighted by Crippen LogP contribution is -2.41. The van der Waals surface area contributed by atoms with Gasteiger partial charge in [0, 0.05) is 23.7 Å². The number of amides is 1. The van der Waals surface area contributed by atoms with Gasteiger partial charge in [-0.05, 0) is 26.3 Å². The van der Waals surface area contributed by atoms with Crippen LogP contribution in [0.15, 0.2) is 18.2 Å². The third kappa shape index (κ3) is 3.53. The molecule has 0 saturated carbocycles. The summed E-state index contributed by atoms with van der Waals surface area (Å²) in [7, 11) is 0. The molecular formula is C13H16N2O5. The van der Waals surface area contributed by atoms with Crippen LogP contribution in [0.3, 0.4) is 0 Å². The highest BCUT2D eigenvalue weighted by Gasteiger charge is 2.24. The van der Waals surface area contributed by atoms with Gasteiger partial charge in [0.25, 0.3) is 11.6 Å². The van der Waals surface area contributed by atoms with Crippen LogP contribution in [0.5, 0.6) is 0 Å². The molecule has 0 unspecified atom stereocenters. The first-order chi connectivity index (χ1) is 9.23. The van der Waals surface area contributed by atoms with Crippen LogP contribution in [0.4, 0.5) is 5.69 Å². The molecule has 0 aromatic heterocycles. The molecule has 0 aliphatic rings. The van der Waals surface area contributed by atoms with Gasteiger partial charge in [-0.3, -0.25) is 19.7 Å². The number of nitro groups is 1. The first kappa shape index (κ1) is 15.6. The zero-order valence-corrected chi connectivity index (χ0v) is 11.5. The summed E-state index contributed by atoms with van der Waals surface area (Å²) < 4.78 is 0. The maximum atomic E-state index is 12.4. The summed E-state index contributed by atoms with van der Waals surface area (Å²) in [4.78, 5) is 34.5. The van der Waals surface area contributed by atoms with Crippen molar-refractivity contribution in [1.29, 1.82) is 0 Å². The number of non-ortho nitro benzene ring substituents is 1. The average Bonchev–Trinajstić information content (AvgIpc) is 2.34. The van der Waals surface area contributed by atoms with E-state index in [1.54, 1.807) is 20.8 Å². The van der Waals surface area contributed by atoms with Crippen molar-refractivity contribution in [2.75, 3.05) is 6.54 Å². The molecule has 0 atom stereocenters. The fourth-order valence-electron chi connectivity index (χ4n) is 1.74. The van der Waals surface area contributed by atoms with E-state index in [0.29, 0.717) is 5.56 Å². The molecule has 7 nitrogen and oxygen atoms in total. The second kappa shape index (κ2) is 6.14. The van der Waals surface area contributed by atoms with Crippen LogP contribution in [0.25, 0.3) is 0 Å². The number of aliphatic carboxylic acids is 1. The van der Waals surface area contributed by atoms with Crippen LogP contribution in [0, 0.1) is 17.0 Å². The molecule has 108 valence electrons. The summed E-state index contributed by atoms with van der Waals surface area (Å²) in [6.45, 7) is 4.58. The predicted molar refractivity (Wildman–Crippen MR) is 71.6 cm³/mol. The smallest absolute Gasteiger partial charge is 0.323 e. The van der Waals surface area contributed by atoms with Gasteiger partial charge in [0.2, 0.25) is 0 Å². The first-order valence-corrected chi connectivity index (χ1v) is 6.01. The molecule has 0 radical (unpaired) electrons. The fraction of sp³-hybridized carbons (Fsp3) is 0.385. The summed E-state index contributed by atoms with van der Waals surface area (Å²) in [5, 5.41) is 19.6. The molecule has 1 aromatic rings. The maximum absolute atomic E-state index is 12.4. The number of aryl methyl sites for hydroxylation is 1. The van der Waals surface area contributed by atoms with E-state index in [1.807, 2.05) is 0 Å². The van der Waals surface area contributed by atoms with E-state index >= 15 is 0 Å². The minimum absolute atomic E-state index is 0.147. The Morgan fingerprint density at radius 1 is 1.40 bits per heavy atom. The molecule has 0 spiro atoms. The monoisotopic (exact) mass is 280 g/mol. The number of rotatable bonds is 5. The van der Waals surface area contributed by atoms with Crippen LogP contribution in [-0.4, -0.2) is 39.4 Å². The van der Waals surface area contributed by atoms with E-state index in [-0.39, 0.29) is 17.3 Å². The molecule has 0 aliphatic carbocycles. The summed E-state index contributed by atoms with van der Waals surface area (Å²) in [6, 6.07) is 3.64. The minimum atomic E-state index is -1.13. The maximum Gasteiger partial charge on any atom is 0.323 e.